The van der Waals surface area contributed by atoms with Gasteiger partial charge in [-0.15, -0.1) is 0 Å². The average molecular weight is 378 g/mol. The van der Waals surface area contributed by atoms with E-state index >= 15 is 0 Å². The van der Waals surface area contributed by atoms with Gasteiger partial charge in [-0.3, -0.25) is 0 Å². The summed E-state index contributed by atoms with van der Waals surface area (Å²) in [5.41, 5.74) is 8.78. The van der Waals surface area contributed by atoms with E-state index in [0.29, 0.717) is 28.0 Å². The molecule has 0 aliphatic heterocycles. The van der Waals surface area contributed by atoms with Crippen LogP contribution in [0.25, 0.3) is 0 Å². The zero-order valence-electron chi connectivity index (χ0n) is 13.1. The molecule has 1 heterocycles. The van der Waals surface area contributed by atoms with E-state index in [1.165, 1.54) is 24.5 Å². The molecule has 8 heteroatoms. The first-order chi connectivity index (χ1) is 11.9. The number of rotatable bonds is 4. The Bertz CT molecular complexity index is 933. The van der Waals surface area contributed by atoms with Gasteiger partial charge < -0.3 is 16.4 Å². The van der Waals surface area contributed by atoms with Gasteiger partial charge in [0.1, 0.15) is 17.8 Å². The summed E-state index contributed by atoms with van der Waals surface area (Å²) >= 11 is 11.8. The van der Waals surface area contributed by atoms with Gasteiger partial charge in [-0.25, -0.2) is 14.4 Å². The maximum absolute atomic E-state index is 13.3. The summed E-state index contributed by atoms with van der Waals surface area (Å²) in [5, 5.41) is 6.74. The van der Waals surface area contributed by atoms with Gasteiger partial charge in [-0.1, -0.05) is 29.3 Å². The zero-order chi connectivity index (χ0) is 18.0. The van der Waals surface area contributed by atoms with Crippen LogP contribution in [-0.4, -0.2) is 9.97 Å². The smallest absolute Gasteiger partial charge is 0.159 e. The fourth-order valence-corrected chi connectivity index (χ4v) is 2.51. The summed E-state index contributed by atoms with van der Waals surface area (Å²) in [6, 6.07) is 9.73. The number of nitrogens with two attached hydrogens (primary N) is 1. The third-order valence-electron chi connectivity index (χ3n) is 3.52. The lowest BCUT2D eigenvalue weighted by atomic mass is 10.2. The van der Waals surface area contributed by atoms with E-state index in [4.69, 9.17) is 28.9 Å². The minimum absolute atomic E-state index is 0.00512. The van der Waals surface area contributed by atoms with Crippen LogP contribution in [0.3, 0.4) is 0 Å². The van der Waals surface area contributed by atoms with Crippen LogP contribution >= 0.6 is 23.2 Å². The highest BCUT2D eigenvalue weighted by molar-refractivity contribution is 6.31. The molecule has 0 saturated carbocycles. The summed E-state index contributed by atoms with van der Waals surface area (Å²) < 4.78 is 13.3. The Morgan fingerprint density at radius 2 is 1.72 bits per heavy atom. The first-order valence-electron chi connectivity index (χ1n) is 7.30. The molecule has 0 unspecified atom stereocenters. The Morgan fingerprint density at radius 3 is 2.44 bits per heavy atom. The van der Waals surface area contributed by atoms with E-state index in [1.807, 2.05) is 13.0 Å². The maximum Gasteiger partial charge on any atom is 0.159 e. The van der Waals surface area contributed by atoms with Crippen molar-refractivity contribution in [1.82, 2.24) is 9.97 Å². The van der Waals surface area contributed by atoms with Gasteiger partial charge in [0.2, 0.25) is 0 Å². The van der Waals surface area contributed by atoms with Crippen molar-refractivity contribution in [3.8, 4) is 0 Å². The highest BCUT2D eigenvalue weighted by Gasteiger charge is 2.11. The second kappa shape index (κ2) is 7.13. The van der Waals surface area contributed by atoms with Crippen molar-refractivity contribution >= 4 is 51.9 Å². The second-order valence-corrected chi connectivity index (χ2v) is 6.17. The van der Waals surface area contributed by atoms with Crippen LogP contribution in [-0.2, 0) is 0 Å². The molecule has 128 valence electrons. The molecule has 0 aliphatic rings. The van der Waals surface area contributed by atoms with E-state index in [9.17, 15) is 4.39 Å². The van der Waals surface area contributed by atoms with E-state index in [1.54, 1.807) is 12.1 Å². The number of aromatic nitrogens is 2. The number of nitrogen functional groups attached to an aromatic ring is 1. The van der Waals surface area contributed by atoms with Crippen molar-refractivity contribution in [2.75, 3.05) is 16.4 Å². The second-order valence-electron chi connectivity index (χ2n) is 5.32. The lowest BCUT2D eigenvalue weighted by Crippen LogP contribution is -2.05. The van der Waals surface area contributed by atoms with E-state index in [0.717, 1.165) is 11.3 Å². The fourth-order valence-electron chi connectivity index (χ4n) is 2.16. The zero-order valence-corrected chi connectivity index (χ0v) is 14.7. The first-order valence-corrected chi connectivity index (χ1v) is 8.05. The molecule has 0 amide bonds. The van der Waals surface area contributed by atoms with Gasteiger partial charge in [0, 0.05) is 16.4 Å². The van der Waals surface area contributed by atoms with Crippen molar-refractivity contribution in [1.29, 1.82) is 0 Å². The largest absolute Gasteiger partial charge is 0.393 e. The lowest BCUT2D eigenvalue weighted by molar-refractivity contribution is 0.628. The highest BCUT2D eigenvalue weighted by Crippen LogP contribution is 2.31. The SMILES string of the molecule is Cc1ccc(Cl)cc1Nc1ncnc(Nc2ccc(F)c(Cl)c2)c1N. The van der Waals surface area contributed by atoms with Crippen LogP contribution in [0, 0.1) is 12.7 Å². The molecule has 0 spiro atoms. The number of aryl methyl sites for hydroxylation is 1. The van der Waals surface area contributed by atoms with Crippen LogP contribution in [0.5, 0.6) is 0 Å². The monoisotopic (exact) mass is 377 g/mol. The molecule has 0 bridgehead atoms. The molecule has 25 heavy (non-hydrogen) atoms. The Labute approximate surface area is 154 Å². The molecule has 0 aliphatic carbocycles. The van der Waals surface area contributed by atoms with Gasteiger partial charge >= 0.3 is 0 Å². The molecule has 1 aromatic heterocycles. The van der Waals surface area contributed by atoms with E-state index in [-0.39, 0.29) is 5.02 Å². The van der Waals surface area contributed by atoms with Gasteiger partial charge in [0.15, 0.2) is 11.6 Å². The van der Waals surface area contributed by atoms with Crippen molar-refractivity contribution in [3.63, 3.8) is 0 Å². The van der Waals surface area contributed by atoms with Gasteiger partial charge in [-0.05, 0) is 42.8 Å². The summed E-state index contributed by atoms with van der Waals surface area (Å²) in [7, 11) is 0. The summed E-state index contributed by atoms with van der Waals surface area (Å²) in [4.78, 5) is 8.28. The van der Waals surface area contributed by atoms with Gasteiger partial charge in [0.05, 0.1) is 5.02 Å². The van der Waals surface area contributed by atoms with Crippen LogP contribution < -0.4 is 16.4 Å². The predicted octanol–water partition coefficient (Wildman–Crippen LogP) is 5.30. The molecule has 0 atom stereocenters. The number of hydrogen-bond acceptors (Lipinski definition) is 5. The Kier molecular flexibility index (Phi) is 4.92. The summed E-state index contributed by atoms with van der Waals surface area (Å²) in [6.45, 7) is 1.94. The molecule has 3 rings (SSSR count). The molecule has 2 aromatic carbocycles. The van der Waals surface area contributed by atoms with Gasteiger partial charge in [-0.2, -0.15) is 0 Å². The molecular weight excluding hydrogens is 364 g/mol. The van der Waals surface area contributed by atoms with Gasteiger partial charge in [0.25, 0.3) is 0 Å². The summed E-state index contributed by atoms with van der Waals surface area (Å²) in [5.74, 6) is 0.303. The molecule has 5 nitrogen and oxygen atoms in total. The molecule has 0 radical (unpaired) electrons. The maximum atomic E-state index is 13.3. The number of benzene rings is 2. The molecule has 0 saturated heterocycles. The van der Waals surface area contributed by atoms with E-state index in [2.05, 4.69) is 20.6 Å². The van der Waals surface area contributed by atoms with Crippen LogP contribution in [0.15, 0.2) is 42.7 Å². The van der Waals surface area contributed by atoms with Crippen molar-refractivity contribution < 1.29 is 4.39 Å². The lowest BCUT2D eigenvalue weighted by Gasteiger charge is -2.14. The predicted molar refractivity (Wildman–Crippen MR) is 101 cm³/mol. The topological polar surface area (TPSA) is 75.9 Å². The van der Waals surface area contributed by atoms with Crippen LogP contribution in [0.4, 0.5) is 33.1 Å². The fraction of sp³-hybridized carbons (Fsp3) is 0.0588. The van der Waals surface area contributed by atoms with Crippen molar-refractivity contribution in [3.05, 3.63) is 64.2 Å². The molecule has 3 aromatic rings. The Hall–Kier alpha value is -2.57. The molecule has 0 fully saturated rings. The Balaban J connectivity index is 1.89. The Morgan fingerprint density at radius 1 is 1.00 bits per heavy atom. The standard InChI is InChI=1S/C17H14Cl2FN5/c1-9-2-3-10(18)6-14(9)25-17-15(21)16(22-8-23-17)24-11-4-5-13(20)12(19)7-11/h2-8H,21H2,1H3,(H2,22,23,24,25). The molecular formula is C17H14Cl2FN5. The first kappa shape index (κ1) is 17.3. The third-order valence-corrected chi connectivity index (χ3v) is 4.04. The number of hydrogen-bond donors (Lipinski definition) is 3. The minimum atomic E-state index is -0.498. The van der Waals surface area contributed by atoms with Crippen molar-refractivity contribution in [2.24, 2.45) is 0 Å². The van der Waals surface area contributed by atoms with E-state index < -0.39 is 5.82 Å². The highest BCUT2D eigenvalue weighted by atomic mass is 35.5. The van der Waals surface area contributed by atoms with Crippen LogP contribution in [0.1, 0.15) is 5.56 Å². The number of anilines is 5. The minimum Gasteiger partial charge on any atom is -0.393 e. The van der Waals surface area contributed by atoms with Crippen LogP contribution in [0.2, 0.25) is 10.0 Å². The van der Waals surface area contributed by atoms with Crippen molar-refractivity contribution in [2.45, 2.75) is 6.92 Å². The quantitative estimate of drug-likeness (QED) is 0.574. The number of nitrogens with one attached hydrogen (secondary N) is 2. The normalized spacial score (nSPS) is 10.6. The number of nitrogens with zero attached hydrogens (tertiary/aromatic N) is 2. The number of halogens is 3. The average Bonchev–Trinajstić information content (AvgIpc) is 2.58. The third kappa shape index (κ3) is 3.92. The summed E-state index contributed by atoms with van der Waals surface area (Å²) in [6.07, 6.45) is 1.37. The molecule has 4 N–H and O–H groups in total.